The number of benzene rings is 1. The van der Waals surface area contributed by atoms with Crippen LogP contribution in [0.25, 0.3) is 0 Å². The van der Waals surface area contributed by atoms with Gasteiger partial charge < -0.3 is 15.6 Å². The number of carbonyl (C=O) groups is 1. The highest BCUT2D eigenvalue weighted by Gasteiger charge is 2.29. The van der Waals surface area contributed by atoms with Gasteiger partial charge in [-0.25, -0.2) is 4.99 Å². The summed E-state index contributed by atoms with van der Waals surface area (Å²) >= 11 is 1.61. The first-order valence-corrected chi connectivity index (χ1v) is 11.8. The molecular weight excluding hydrogens is 392 g/mol. The first-order chi connectivity index (χ1) is 14.1. The van der Waals surface area contributed by atoms with Gasteiger partial charge in [-0.1, -0.05) is 46.8 Å². The number of unbranched alkanes of at least 4 members (excludes halogenated alkanes) is 1. The van der Waals surface area contributed by atoms with Gasteiger partial charge in [0.1, 0.15) is 6.04 Å². The van der Waals surface area contributed by atoms with Crippen molar-refractivity contribution in [1.82, 2.24) is 9.88 Å². The number of nitrogens with zero attached hydrogens (tertiary/aromatic N) is 2. The Hall–Kier alpha value is -1.92. The van der Waals surface area contributed by atoms with Crippen molar-refractivity contribution in [1.29, 1.82) is 0 Å². The number of rotatable bonds is 9. The standard InChI is InChI=1S/C24H38N4OS/c1-17(2)14-20(22(29)26-13-8-7-12-25)28-21(24(4,5)6)16-30-23(28)27-19-11-9-10-18(3)15-19/h9-11,15-17,20H,7-8,12-14,25H2,1-6H3,(H,26,29)/t20-/m1/s1. The number of amides is 1. The first-order valence-electron chi connectivity index (χ1n) is 10.9. The number of carbonyl (C=O) groups excluding carboxylic acids is 1. The summed E-state index contributed by atoms with van der Waals surface area (Å²) in [5.41, 5.74) is 8.73. The van der Waals surface area contributed by atoms with E-state index in [9.17, 15) is 4.79 Å². The van der Waals surface area contributed by atoms with E-state index in [1.807, 2.05) is 12.1 Å². The fraction of sp³-hybridized carbons (Fsp3) is 0.583. The summed E-state index contributed by atoms with van der Waals surface area (Å²) in [5, 5.41) is 5.29. The smallest absolute Gasteiger partial charge is 0.243 e. The third-order valence-electron chi connectivity index (χ3n) is 4.98. The average molecular weight is 431 g/mol. The van der Waals surface area contributed by atoms with E-state index in [1.165, 1.54) is 5.56 Å². The lowest BCUT2D eigenvalue weighted by atomic mass is 9.91. The van der Waals surface area contributed by atoms with Crippen molar-refractivity contribution in [3.63, 3.8) is 0 Å². The van der Waals surface area contributed by atoms with E-state index in [4.69, 9.17) is 10.7 Å². The van der Waals surface area contributed by atoms with Crippen LogP contribution in [0.2, 0.25) is 0 Å². The molecule has 0 aliphatic heterocycles. The summed E-state index contributed by atoms with van der Waals surface area (Å²) in [6.07, 6.45) is 2.59. The van der Waals surface area contributed by atoms with Crippen LogP contribution in [0.5, 0.6) is 0 Å². The lowest BCUT2D eigenvalue weighted by molar-refractivity contribution is -0.125. The molecule has 1 heterocycles. The van der Waals surface area contributed by atoms with E-state index < -0.39 is 0 Å². The number of aryl methyl sites for hydroxylation is 1. The molecule has 5 nitrogen and oxygen atoms in total. The average Bonchev–Trinajstić information content (AvgIpc) is 3.06. The first kappa shape index (κ1) is 24.4. The van der Waals surface area contributed by atoms with Crippen molar-refractivity contribution in [2.45, 2.75) is 72.3 Å². The molecule has 0 saturated carbocycles. The molecule has 0 fully saturated rings. The van der Waals surface area contributed by atoms with E-state index >= 15 is 0 Å². The zero-order valence-corrected chi connectivity index (χ0v) is 20.2. The largest absolute Gasteiger partial charge is 0.354 e. The molecule has 1 aromatic carbocycles. The number of nitrogens with two attached hydrogens (primary N) is 1. The van der Waals surface area contributed by atoms with Gasteiger partial charge in [-0.3, -0.25) is 4.79 Å². The van der Waals surface area contributed by atoms with Crippen LogP contribution in [-0.4, -0.2) is 23.6 Å². The molecule has 2 rings (SSSR count). The number of thiazole rings is 1. The number of hydrogen-bond donors (Lipinski definition) is 2. The van der Waals surface area contributed by atoms with Gasteiger partial charge in [-0.2, -0.15) is 0 Å². The number of aromatic nitrogens is 1. The van der Waals surface area contributed by atoms with Crippen molar-refractivity contribution in [2.24, 2.45) is 16.6 Å². The molecule has 0 spiro atoms. The Balaban J connectivity index is 2.54. The van der Waals surface area contributed by atoms with Gasteiger partial charge in [0, 0.05) is 23.0 Å². The predicted octanol–water partition coefficient (Wildman–Crippen LogP) is 4.83. The molecule has 3 N–H and O–H groups in total. The molecular formula is C24H38N4OS. The van der Waals surface area contributed by atoms with Crippen LogP contribution in [0, 0.1) is 12.8 Å². The summed E-state index contributed by atoms with van der Waals surface area (Å²) in [4.78, 5) is 19.1. The summed E-state index contributed by atoms with van der Waals surface area (Å²) in [5.74, 6) is 0.451. The van der Waals surface area contributed by atoms with Crippen LogP contribution in [-0.2, 0) is 10.2 Å². The van der Waals surface area contributed by atoms with Crippen molar-refractivity contribution in [3.8, 4) is 0 Å². The molecule has 0 aliphatic rings. The number of hydrogen-bond acceptors (Lipinski definition) is 4. The SMILES string of the molecule is Cc1cccc(N=c2scc(C(C)(C)C)n2[C@H](CC(C)C)C(=O)NCCCCN)c1. The van der Waals surface area contributed by atoms with Crippen molar-refractivity contribution < 1.29 is 4.79 Å². The lowest BCUT2D eigenvalue weighted by Gasteiger charge is -2.27. The molecule has 166 valence electrons. The Morgan fingerprint density at radius 3 is 2.60 bits per heavy atom. The monoisotopic (exact) mass is 430 g/mol. The minimum atomic E-state index is -0.285. The van der Waals surface area contributed by atoms with Crippen molar-refractivity contribution >= 4 is 22.9 Å². The lowest BCUT2D eigenvalue weighted by Crippen LogP contribution is -2.39. The molecule has 0 aliphatic carbocycles. The molecule has 0 bridgehead atoms. The summed E-state index contributed by atoms with van der Waals surface area (Å²) in [7, 11) is 0. The molecule has 0 unspecified atom stereocenters. The molecule has 0 saturated heterocycles. The highest BCUT2D eigenvalue weighted by atomic mass is 32.1. The molecule has 2 aromatic rings. The van der Waals surface area contributed by atoms with E-state index in [1.54, 1.807) is 11.3 Å². The van der Waals surface area contributed by atoms with Gasteiger partial charge in [0.15, 0.2) is 4.80 Å². The summed E-state index contributed by atoms with van der Waals surface area (Å²) < 4.78 is 2.17. The minimum absolute atomic E-state index is 0.0651. The fourth-order valence-electron chi connectivity index (χ4n) is 3.43. The highest BCUT2D eigenvalue weighted by molar-refractivity contribution is 7.07. The van der Waals surface area contributed by atoms with Crippen LogP contribution < -0.4 is 15.9 Å². The van der Waals surface area contributed by atoms with Crippen LogP contribution >= 0.6 is 11.3 Å². The Morgan fingerprint density at radius 2 is 2.00 bits per heavy atom. The Labute approximate surface area is 185 Å². The molecule has 0 radical (unpaired) electrons. The predicted molar refractivity (Wildman–Crippen MR) is 127 cm³/mol. The zero-order valence-electron chi connectivity index (χ0n) is 19.4. The number of nitrogens with one attached hydrogen (secondary N) is 1. The van der Waals surface area contributed by atoms with E-state index in [0.29, 0.717) is 19.0 Å². The van der Waals surface area contributed by atoms with Gasteiger partial charge in [-0.05, 0) is 56.3 Å². The maximum Gasteiger partial charge on any atom is 0.243 e. The van der Waals surface area contributed by atoms with Crippen LogP contribution in [0.15, 0.2) is 34.6 Å². The minimum Gasteiger partial charge on any atom is -0.354 e. The highest BCUT2D eigenvalue weighted by Crippen LogP contribution is 2.28. The second kappa shape index (κ2) is 10.9. The summed E-state index contributed by atoms with van der Waals surface area (Å²) in [6, 6.07) is 7.89. The maximum atomic E-state index is 13.3. The van der Waals surface area contributed by atoms with Crippen LogP contribution in [0.1, 0.15) is 71.2 Å². The van der Waals surface area contributed by atoms with Crippen molar-refractivity contribution in [2.75, 3.05) is 13.1 Å². The van der Waals surface area contributed by atoms with Gasteiger partial charge in [0.05, 0.1) is 5.69 Å². The maximum absolute atomic E-state index is 13.3. The Morgan fingerprint density at radius 1 is 1.27 bits per heavy atom. The van der Waals surface area contributed by atoms with Gasteiger partial charge in [-0.15, -0.1) is 11.3 Å². The van der Waals surface area contributed by atoms with E-state index in [2.05, 4.69) is 68.9 Å². The molecule has 6 heteroatoms. The normalized spacial score (nSPS) is 13.7. The third-order valence-corrected chi connectivity index (χ3v) is 5.82. The van der Waals surface area contributed by atoms with Gasteiger partial charge >= 0.3 is 0 Å². The van der Waals surface area contributed by atoms with Gasteiger partial charge in [0.2, 0.25) is 5.91 Å². The second-order valence-corrected chi connectivity index (χ2v) is 10.2. The zero-order chi connectivity index (χ0) is 22.3. The van der Waals surface area contributed by atoms with Gasteiger partial charge in [0.25, 0.3) is 0 Å². The fourth-order valence-corrected chi connectivity index (χ4v) is 4.61. The quantitative estimate of drug-likeness (QED) is 0.559. The Kier molecular flexibility index (Phi) is 8.86. The Bertz CT molecular complexity index is 889. The molecule has 1 amide bonds. The topological polar surface area (TPSA) is 72.4 Å². The van der Waals surface area contributed by atoms with Crippen LogP contribution in [0.4, 0.5) is 5.69 Å². The summed E-state index contributed by atoms with van der Waals surface area (Å²) in [6.45, 7) is 14.3. The van der Waals surface area contributed by atoms with E-state index in [-0.39, 0.29) is 17.4 Å². The van der Waals surface area contributed by atoms with Crippen LogP contribution in [0.3, 0.4) is 0 Å². The van der Waals surface area contributed by atoms with E-state index in [0.717, 1.165) is 35.4 Å². The second-order valence-electron chi connectivity index (χ2n) is 9.41. The van der Waals surface area contributed by atoms with Crippen molar-refractivity contribution in [3.05, 3.63) is 45.7 Å². The molecule has 1 aromatic heterocycles. The molecule has 1 atom stereocenters. The molecule has 30 heavy (non-hydrogen) atoms. The third kappa shape index (κ3) is 6.81.